The molecule has 0 fully saturated rings. The number of H-pyrrole nitrogens is 1. The van der Waals surface area contributed by atoms with E-state index in [0.29, 0.717) is 16.6 Å². The Bertz CT molecular complexity index is 1150. The number of ether oxygens (including phenoxy) is 1. The van der Waals surface area contributed by atoms with Gasteiger partial charge in [0.15, 0.2) is 0 Å². The highest BCUT2D eigenvalue weighted by Gasteiger charge is 2.19. The molecular formula is C23H22Cl2N2O. The molecule has 3 aromatic carbocycles. The fourth-order valence-electron chi connectivity index (χ4n) is 3.87. The highest BCUT2D eigenvalue weighted by atomic mass is 35.5. The quantitative estimate of drug-likeness (QED) is 0.351. The van der Waals surface area contributed by atoms with Crippen molar-refractivity contribution >= 4 is 44.9 Å². The number of aromatic nitrogens is 1. The van der Waals surface area contributed by atoms with E-state index in [0.717, 1.165) is 57.9 Å². The lowest BCUT2D eigenvalue weighted by Gasteiger charge is -2.13. The first-order valence-corrected chi connectivity index (χ1v) is 10.2. The molecule has 3 N–H and O–H groups in total. The van der Waals surface area contributed by atoms with Gasteiger partial charge in [0.25, 0.3) is 0 Å². The van der Waals surface area contributed by atoms with E-state index in [-0.39, 0.29) is 0 Å². The van der Waals surface area contributed by atoms with Gasteiger partial charge in [-0.2, -0.15) is 0 Å². The summed E-state index contributed by atoms with van der Waals surface area (Å²) < 4.78 is 5.84. The summed E-state index contributed by atoms with van der Waals surface area (Å²) in [5.74, 6) is 0.854. The third-order valence-corrected chi connectivity index (χ3v) is 5.68. The predicted octanol–water partition coefficient (Wildman–Crippen LogP) is 6.58. The number of hydrogen-bond donors (Lipinski definition) is 2. The molecule has 28 heavy (non-hydrogen) atoms. The van der Waals surface area contributed by atoms with Crippen LogP contribution in [0.1, 0.15) is 18.4 Å². The molecule has 0 aliphatic rings. The number of aromatic amines is 1. The van der Waals surface area contributed by atoms with E-state index < -0.39 is 0 Å². The fraction of sp³-hybridized carbons (Fsp3) is 0.217. The largest absolute Gasteiger partial charge is 0.495 e. The fourth-order valence-corrected chi connectivity index (χ4v) is 4.41. The van der Waals surface area contributed by atoms with Crippen molar-refractivity contribution < 1.29 is 4.74 Å². The first kappa shape index (κ1) is 19.1. The minimum atomic E-state index is 0.619. The SMILES string of the molecule is COc1c(-c2[nH]c3c(Cl)cc(Cl)cc3c2CCCCN)ccc2ccccc12. The normalized spacial score (nSPS) is 11.4. The van der Waals surface area contributed by atoms with Crippen LogP contribution < -0.4 is 10.5 Å². The molecule has 1 aromatic heterocycles. The second-order valence-corrected chi connectivity index (χ2v) is 7.75. The van der Waals surface area contributed by atoms with Gasteiger partial charge in [0.1, 0.15) is 5.75 Å². The summed E-state index contributed by atoms with van der Waals surface area (Å²) in [6.07, 6.45) is 2.85. The molecular weight excluding hydrogens is 391 g/mol. The molecule has 0 aliphatic carbocycles. The molecule has 0 saturated heterocycles. The maximum Gasteiger partial charge on any atom is 0.136 e. The van der Waals surface area contributed by atoms with E-state index in [4.69, 9.17) is 33.7 Å². The number of hydrogen-bond acceptors (Lipinski definition) is 2. The molecule has 4 aromatic rings. The van der Waals surface area contributed by atoms with Crippen LogP contribution in [0.3, 0.4) is 0 Å². The Balaban J connectivity index is 1.99. The minimum absolute atomic E-state index is 0.619. The number of rotatable bonds is 6. The van der Waals surface area contributed by atoms with Gasteiger partial charge in [-0.25, -0.2) is 0 Å². The van der Waals surface area contributed by atoms with E-state index in [1.807, 2.05) is 18.2 Å². The second-order valence-electron chi connectivity index (χ2n) is 6.90. The summed E-state index contributed by atoms with van der Waals surface area (Å²) in [5.41, 5.74) is 9.86. The van der Waals surface area contributed by atoms with Crippen molar-refractivity contribution in [2.75, 3.05) is 13.7 Å². The van der Waals surface area contributed by atoms with Crippen molar-refractivity contribution in [3.63, 3.8) is 0 Å². The number of aryl methyl sites for hydroxylation is 1. The average molecular weight is 413 g/mol. The van der Waals surface area contributed by atoms with Gasteiger partial charge < -0.3 is 15.5 Å². The van der Waals surface area contributed by atoms with Crippen LogP contribution in [0.4, 0.5) is 0 Å². The van der Waals surface area contributed by atoms with Crippen LogP contribution >= 0.6 is 23.2 Å². The summed E-state index contributed by atoms with van der Waals surface area (Å²) in [6, 6.07) is 16.2. The molecule has 144 valence electrons. The van der Waals surface area contributed by atoms with Crippen molar-refractivity contribution in [1.29, 1.82) is 0 Å². The number of nitrogens with one attached hydrogen (secondary N) is 1. The zero-order valence-corrected chi connectivity index (χ0v) is 17.2. The Morgan fingerprint density at radius 1 is 1.00 bits per heavy atom. The van der Waals surface area contributed by atoms with Gasteiger partial charge in [-0.05, 0) is 55.0 Å². The molecule has 0 bridgehead atoms. The highest BCUT2D eigenvalue weighted by molar-refractivity contribution is 6.38. The van der Waals surface area contributed by atoms with Crippen molar-refractivity contribution in [2.45, 2.75) is 19.3 Å². The number of nitrogens with two attached hydrogens (primary N) is 1. The Morgan fingerprint density at radius 2 is 1.82 bits per heavy atom. The van der Waals surface area contributed by atoms with E-state index in [1.165, 1.54) is 5.56 Å². The average Bonchev–Trinajstić information content (AvgIpc) is 3.06. The summed E-state index contributed by atoms with van der Waals surface area (Å²) >= 11 is 12.8. The third kappa shape index (κ3) is 3.35. The molecule has 3 nitrogen and oxygen atoms in total. The van der Waals surface area contributed by atoms with Crippen LogP contribution in [0, 0.1) is 0 Å². The lowest BCUT2D eigenvalue weighted by molar-refractivity contribution is 0.421. The first-order valence-electron chi connectivity index (χ1n) is 9.39. The number of benzene rings is 3. The van der Waals surface area contributed by atoms with Crippen LogP contribution in [0.25, 0.3) is 32.9 Å². The molecule has 4 rings (SSSR count). The Hall–Kier alpha value is -2.20. The number of fused-ring (bicyclic) bond motifs is 2. The van der Waals surface area contributed by atoms with Crippen molar-refractivity contribution in [1.82, 2.24) is 4.98 Å². The summed E-state index contributed by atoms with van der Waals surface area (Å²) in [7, 11) is 1.71. The van der Waals surface area contributed by atoms with Gasteiger partial charge in [0, 0.05) is 21.4 Å². The van der Waals surface area contributed by atoms with Gasteiger partial charge in [0.2, 0.25) is 0 Å². The number of methoxy groups -OCH3 is 1. The van der Waals surface area contributed by atoms with Crippen molar-refractivity contribution in [2.24, 2.45) is 5.73 Å². The van der Waals surface area contributed by atoms with Crippen molar-refractivity contribution in [3.05, 3.63) is 64.1 Å². The van der Waals surface area contributed by atoms with Crippen LogP contribution in [0.15, 0.2) is 48.5 Å². The topological polar surface area (TPSA) is 51.0 Å². The van der Waals surface area contributed by atoms with E-state index in [2.05, 4.69) is 29.2 Å². The van der Waals surface area contributed by atoms with Crippen LogP contribution in [0.2, 0.25) is 10.0 Å². The monoisotopic (exact) mass is 412 g/mol. The first-order chi connectivity index (χ1) is 13.6. The lowest BCUT2D eigenvalue weighted by atomic mass is 9.97. The summed E-state index contributed by atoms with van der Waals surface area (Å²) in [5, 5.41) is 4.53. The predicted molar refractivity (Wildman–Crippen MR) is 120 cm³/mol. The van der Waals surface area contributed by atoms with E-state index >= 15 is 0 Å². The maximum atomic E-state index is 6.50. The van der Waals surface area contributed by atoms with Crippen LogP contribution in [0.5, 0.6) is 5.75 Å². The molecule has 0 radical (unpaired) electrons. The number of halogens is 2. The molecule has 0 unspecified atom stereocenters. The summed E-state index contributed by atoms with van der Waals surface area (Å²) in [6.45, 7) is 0.679. The third-order valence-electron chi connectivity index (χ3n) is 5.17. The van der Waals surface area contributed by atoms with Crippen LogP contribution in [-0.2, 0) is 6.42 Å². The van der Waals surface area contributed by atoms with Gasteiger partial charge in [0.05, 0.1) is 23.3 Å². The Kier molecular flexibility index (Phi) is 5.49. The molecule has 0 aliphatic heterocycles. The Morgan fingerprint density at radius 3 is 2.61 bits per heavy atom. The smallest absolute Gasteiger partial charge is 0.136 e. The Labute approximate surface area is 174 Å². The van der Waals surface area contributed by atoms with Gasteiger partial charge >= 0.3 is 0 Å². The molecule has 0 spiro atoms. The summed E-state index contributed by atoms with van der Waals surface area (Å²) in [4.78, 5) is 3.54. The molecule has 5 heteroatoms. The van der Waals surface area contributed by atoms with Crippen molar-refractivity contribution in [3.8, 4) is 17.0 Å². The molecule has 0 saturated carbocycles. The van der Waals surface area contributed by atoms with Crippen LogP contribution in [-0.4, -0.2) is 18.6 Å². The van der Waals surface area contributed by atoms with E-state index in [9.17, 15) is 0 Å². The number of unbranched alkanes of at least 4 members (excludes halogenated alkanes) is 1. The maximum absolute atomic E-state index is 6.50. The highest BCUT2D eigenvalue weighted by Crippen LogP contribution is 2.42. The van der Waals surface area contributed by atoms with Gasteiger partial charge in [-0.1, -0.05) is 53.5 Å². The molecule has 1 heterocycles. The zero-order chi connectivity index (χ0) is 19.7. The zero-order valence-electron chi connectivity index (χ0n) is 15.7. The standard InChI is InChI=1S/C23H22Cl2N2O/c1-28-23-16-7-3-2-6-14(16)9-10-18(23)21-17(8-4-5-11-26)19-12-15(24)13-20(25)22(19)27-21/h2-3,6-7,9-10,12-13,27H,4-5,8,11,26H2,1H3. The minimum Gasteiger partial charge on any atom is -0.495 e. The van der Waals surface area contributed by atoms with Gasteiger partial charge in [-0.3, -0.25) is 0 Å². The molecule has 0 atom stereocenters. The van der Waals surface area contributed by atoms with E-state index in [1.54, 1.807) is 13.2 Å². The second kappa shape index (κ2) is 8.04. The molecule has 0 amide bonds. The lowest BCUT2D eigenvalue weighted by Crippen LogP contribution is -1.99. The van der Waals surface area contributed by atoms with Gasteiger partial charge in [-0.15, -0.1) is 0 Å².